The predicted molar refractivity (Wildman–Crippen MR) is 129 cm³/mol. The van der Waals surface area contributed by atoms with Gasteiger partial charge >= 0.3 is 0 Å². The molecule has 0 aliphatic carbocycles. The maximum absolute atomic E-state index is 14.3. The Hall–Kier alpha value is -3.44. The van der Waals surface area contributed by atoms with Crippen molar-refractivity contribution in [3.63, 3.8) is 0 Å². The smallest absolute Gasteiger partial charge is 0.154 e. The zero-order valence-electron chi connectivity index (χ0n) is 19.3. The number of alkyl halides is 1. The van der Waals surface area contributed by atoms with E-state index in [2.05, 4.69) is 15.1 Å². The molecule has 0 bridgehead atoms. The van der Waals surface area contributed by atoms with Gasteiger partial charge in [0.2, 0.25) is 0 Å². The van der Waals surface area contributed by atoms with Crippen molar-refractivity contribution in [1.29, 1.82) is 0 Å². The summed E-state index contributed by atoms with van der Waals surface area (Å²) in [5.74, 6) is 1.12. The molecular weight excluding hydrogens is 453 g/mol. The minimum atomic E-state index is -1.41. The summed E-state index contributed by atoms with van der Waals surface area (Å²) in [6.45, 7) is 0.266. The van der Waals surface area contributed by atoms with Crippen LogP contribution in [0.4, 0.5) is 4.39 Å². The minimum absolute atomic E-state index is 0.0599. The number of aromatic nitrogens is 4. The summed E-state index contributed by atoms with van der Waals surface area (Å²) >= 11 is 0. The highest BCUT2D eigenvalue weighted by molar-refractivity contribution is 5.90. The molecule has 3 aromatic heterocycles. The molecule has 0 aliphatic heterocycles. The van der Waals surface area contributed by atoms with Crippen LogP contribution in [0.15, 0.2) is 54.7 Å². The van der Waals surface area contributed by atoms with Crippen molar-refractivity contribution >= 4 is 10.9 Å². The number of ether oxygens (including phenoxy) is 2. The minimum Gasteiger partial charge on any atom is -0.490 e. The number of aliphatic hydroxyl groups is 2. The van der Waals surface area contributed by atoms with E-state index in [1.54, 1.807) is 54.4 Å². The summed E-state index contributed by atoms with van der Waals surface area (Å²) < 4.78 is 27.1. The lowest BCUT2D eigenvalue weighted by Crippen LogP contribution is -2.24. The zero-order valence-corrected chi connectivity index (χ0v) is 19.3. The van der Waals surface area contributed by atoms with E-state index in [-0.39, 0.29) is 19.6 Å². The second-order valence-corrected chi connectivity index (χ2v) is 7.95. The van der Waals surface area contributed by atoms with Crippen LogP contribution in [0.5, 0.6) is 5.75 Å². The van der Waals surface area contributed by atoms with Crippen molar-refractivity contribution in [3.05, 3.63) is 66.1 Å². The van der Waals surface area contributed by atoms with E-state index in [1.807, 2.05) is 12.1 Å². The molecule has 184 valence electrons. The molecule has 4 aromatic rings. The molecule has 0 aliphatic rings. The van der Waals surface area contributed by atoms with Crippen LogP contribution >= 0.6 is 0 Å². The second kappa shape index (κ2) is 11.3. The average Bonchev–Trinajstić information content (AvgIpc) is 3.33. The van der Waals surface area contributed by atoms with Gasteiger partial charge in [-0.25, -0.2) is 14.1 Å². The van der Waals surface area contributed by atoms with Crippen LogP contribution in [0.2, 0.25) is 0 Å². The Labute approximate surface area is 202 Å². The van der Waals surface area contributed by atoms with Gasteiger partial charge in [0.15, 0.2) is 5.82 Å². The molecule has 0 saturated heterocycles. The molecule has 2 unspecified atom stereocenters. The van der Waals surface area contributed by atoms with E-state index < -0.39 is 12.2 Å². The van der Waals surface area contributed by atoms with Crippen molar-refractivity contribution < 1.29 is 24.1 Å². The van der Waals surface area contributed by atoms with E-state index in [9.17, 15) is 9.50 Å². The highest BCUT2D eigenvalue weighted by Crippen LogP contribution is 2.33. The third-order valence-electron chi connectivity index (χ3n) is 5.57. The topological polar surface area (TPSA) is 129 Å². The molecule has 2 atom stereocenters. The van der Waals surface area contributed by atoms with Gasteiger partial charge in [0.1, 0.15) is 18.5 Å². The molecule has 1 aromatic carbocycles. The number of hydrogen-bond acceptors (Lipinski definition) is 8. The normalized spacial score (nSPS) is 13.2. The molecule has 4 rings (SSSR count). The molecular formula is C25H28FN5O4. The molecule has 0 amide bonds. The van der Waals surface area contributed by atoms with Crippen LogP contribution in [-0.2, 0) is 11.3 Å². The highest BCUT2D eigenvalue weighted by Gasteiger charge is 2.21. The average molecular weight is 482 g/mol. The van der Waals surface area contributed by atoms with E-state index >= 15 is 0 Å². The summed E-state index contributed by atoms with van der Waals surface area (Å²) in [4.78, 5) is 9.06. The van der Waals surface area contributed by atoms with Crippen LogP contribution in [0.25, 0.3) is 28.0 Å². The lowest BCUT2D eigenvalue weighted by Gasteiger charge is -2.16. The maximum Gasteiger partial charge on any atom is 0.154 e. The van der Waals surface area contributed by atoms with Crippen LogP contribution < -0.4 is 10.5 Å². The Morgan fingerprint density at radius 2 is 1.91 bits per heavy atom. The third kappa shape index (κ3) is 5.46. The fraction of sp³-hybridized carbons (Fsp3) is 0.320. The van der Waals surface area contributed by atoms with Gasteiger partial charge in [-0.05, 0) is 36.4 Å². The molecule has 0 saturated carbocycles. The first-order valence-corrected chi connectivity index (χ1v) is 11.2. The Morgan fingerprint density at radius 3 is 2.69 bits per heavy atom. The monoisotopic (exact) mass is 481 g/mol. The summed E-state index contributed by atoms with van der Waals surface area (Å²) in [6, 6.07) is 13.4. The van der Waals surface area contributed by atoms with Gasteiger partial charge in [-0.1, -0.05) is 12.1 Å². The van der Waals surface area contributed by atoms with Crippen LogP contribution in [0, 0.1) is 0 Å². The Morgan fingerprint density at radius 1 is 1.09 bits per heavy atom. The van der Waals surface area contributed by atoms with Crippen LogP contribution in [-0.4, -0.2) is 63.1 Å². The van der Waals surface area contributed by atoms with Crippen LogP contribution in [0.3, 0.4) is 0 Å². The summed E-state index contributed by atoms with van der Waals surface area (Å²) in [5.41, 5.74) is 8.98. The van der Waals surface area contributed by atoms with E-state index in [0.717, 1.165) is 16.5 Å². The van der Waals surface area contributed by atoms with E-state index in [4.69, 9.17) is 20.3 Å². The Kier molecular flexibility index (Phi) is 7.98. The van der Waals surface area contributed by atoms with Crippen molar-refractivity contribution in [2.24, 2.45) is 5.73 Å². The Bertz CT molecular complexity index is 1280. The van der Waals surface area contributed by atoms with Gasteiger partial charge in [-0.3, -0.25) is 4.98 Å². The van der Waals surface area contributed by atoms with Crippen molar-refractivity contribution in [1.82, 2.24) is 19.7 Å². The first-order chi connectivity index (χ1) is 17.0. The van der Waals surface area contributed by atoms with E-state index in [0.29, 0.717) is 41.9 Å². The van der Waals surface area contributed by atoms with Gasteiger partial charge in [0, 0.05) is 25.7 Å². The number of methoxy groups -OCH3 is 1. The molecule has 9 nitrogen and oxygen atoms in total. The molecule has 0 spiro atoms. The van der Waals surface area contributed by atoms with E-state index in [1.165, 1.54) is 0 Å². The summed E-state index contributed by atoms with van der Waals surface area (Å²) in [6.07, 6.45) is 0.219. The molecule has 35 heavy (non-hydrogen) atoms. The van der Waals surface area contributed by atoms with Crippen molar-refractivity contribution in [2.75, 3.05) is 26.9 Å². The molecule has 4 N–H and O–H groups in total. The van der Waals surface area contributed by atoms with Crippen molar-refractivity contribution in [2.45, 2.75) is 25.2 Å². The number of pyridine rings is 2. The lowest BCUT2D eigenvalue weighted by molar-refractivity contribution is 0.147. The maximum atomic E-state index is 14.3. The lowest BCUT2D eigenvalue weighted by atomic mass is 10.0. The number of hydrogen-bond donors (Lipinski definition) is 3. The fourth-order valence-corrected chi connectivity index (χ4v) is 3.74. The fourth-order valence-electron chi connectivity index (χ4n) is 3.74. The SMILES string of the molecule is COCCOc1cc(-c2cccc(C(N)C(F)CCO)n2)cc2c1cnn2-c1cccc(CO)n1. The number of halogens is 1. The predicted octanol–water partition coefficient (Wildman–Crippen LogP) is 2.72. The van der Waals surface area contributed by atoms with Crippen molar-refractivity contribution in [3.8, 4) is 22.8 Å². The number of aliphatic hydroxyl groups excluding tert-OH is 2. The van der Waals surface area contributed by atoms with Gasteiger partial charge in [0.05, 0.1) is 53.4 Å². The van der Waals surface area contributed by atoms with Gasteiger partial charge in [-0.2, -0.15) is 5.10 Å². The Balaban J connectivity index is 1.81. The largest absolute Gasteiger partial charge is 0.490 e. The summed E-state index contributed by atoms with van der Waals surface area (Å²) in [5, 5.41) is 23.8. The summed E-state index contributed by atoms with van der Waals surface area (Å²) in [7, 11) is 1.60. The quantitative estimate of drug-likeness (QED) is 0.279. The number of nitrogens with zero attached hydrogens (tertiary/aromatic N) is 4. The first kappa shape index (κ1) is 24.7. The van der Waals surface area contributed by atoms with Gasteiger partial charge in [-0.15, -0.1) is 0 Å². The zero-order chi connectivity index (χ0) is 24.8. The number of fused-ring (bicyclic) bond motifs is 1. The number of benzene rings is 1. The number of nitrogens with two attached hydrogens (primary N) is 1. The molecule has 10 heteroatoms. The molecule has 3 heterocycles. The standard InChI is InChI=1S/C25H28FN5O4/c1-34-10-11-35-23-13-16(20-5-3-6-21(30-20)25(27)19(26)8-9-32)12-22-18(23)14-28-31(22)24-7-2-4-17(15-33)29-24/h2-7,12-14,19,25,32-33H,8-11,15,27H2,1H3. The molecule has 0 radical (unpaired) electrons. The van der Waals surface area contributed by atoms with Gasteiger partial charge in [0.25, 0.3) is 0 Å². The number of rotatable bonds is 11. The van der Waals surface area contributed by atoms with Gasteiger partial charge < -0.3 is 25.4 Å². The molecule has 0 fully saturated rings. The van der Waals surface area contributed by atoms with Crippen LogP contribution in [0.1, 0.15) is 23.9 Å². The third-order valence-corrected chi connectivity index (χ3v) is 5.57. The first-order valence-electron chi connectivity index (χ1n) is 11.2. The second-order valence-electron chi connectivity index (χ2n) is 7.95. The highest BCUT2D eigenvalue weighted by atomic mass is 19.1.